The highest BCUT2D eigenvalue weighted by atomic mass is 33.1. The smallest absolute Gasteiger partial charge is 0.213 e. The molecular weight excluding hydrogens is 701 g/mol. The fourth-order valence-electron chi connectivity index (χ4n) is 6.82. The number of hydrogen-bond acceptors (Lipinski definition) is 5. The van der Waals surface area contributed by atoms with E-state index in [2.05, 4.69) is 151 Å². The lowest BCUT2D eigenvalue weighted by Gasteiger charge is -2.11. The minimum Gasteiger partial charge on any atom is -0.496 e. The topological polar surface area (TPSA) is 34.7 Å². The van der Waals surface area contributed by atoms with Gasteiger partial charge >= 0.3 is 0 Å². The van der Waals surface area contributed by atoms with E-state index < -0.39 is 0 Å². The average molecular weight is 744 g/mol. The Balaban J connectivity index is 0.966. The van der Waals surface area contributed by atoms with Crippen molar-refractivity contribution < 1.29 is 14.0 Å². The minimum atomic E-state index is 0.743. The molecule has 0 fully saturated rings. The molecule has 0 saturated heterocycles. The van der Waals surface area contributed by atoms with Gasteiger partial charge in [-0.05, 0) is 57.3 Å². The Labute approximate surface area is 326 Å². The van der Waals surface area contributed by atoms with Crippen molar-refractivity contribution in [2.45, 2.75) is 6.54 Å². The van der Waals surface area contributed by atoms with E-state index in [4.69, 9.17) is 14.5 Å². The second-order valence-corrected chi connectivity index (χ2v) is 15.4. The number of rotatable bonds is 14. The molecule has 0 aliphatic heterocycles. The number of nitrogens with zero attached hydrogens (tertiary/aromatic N) is 2. The van der Waals surface area contributed by atoms with Gasteiger partial charge in [-0.3, -0.25) is 4.99 Å². The van der Waals surface area contributed by atoms with E-state index in [1.807, 2.05) is 45.9 Å². The standard InChI is InChI=1S/C48H43N2O2S2/c1-4-35(21-22-36-25-27-47(51-2)43-17-7-5-13-39(36)43)41-15-9-11-19-45(41)49-30-33-53-54-34-32-50-31-29-38(42-16-10-12-20-46(42)50)24-23-37-26-28-48(52-3)44-18-8-6-14-40(37)44/h4-29,31H,1,30,32-34H2,2-3H3/q+1/b22-21+,24-23+,41-35+,49-45+. The van der Waals surface area contributed by atoms with E-state index in [1.165, 1.54) is 27.4 Å². The summed E-state index contributed by atoms with van der Waals surface area (Å²) in [5, 5.41) is 5.80. The van der Waals surface area contributed by atoms with Crippen LogP contribution in [-0.4, -0.2) is 38.0 Å². The largest absolute Gasteiger partial charge is 0.496 e. The number of methoxy groups -OCH3 is 2. The van der Waals surface area contributed by atoms with Crippen LogP contribution in [0.15, 0.2) is 168 Å². The molecule has 1 aliphatic rings. The van der Waals surface area contributed by atoms with Crippen LogP contribution in [-0.2, 0) is 6.54 Å². The molecule has 54 heavy (non-hydrogen) atoms. The van der Waals surface area contributed by atoms with Crippen LogP contribution in [0, 0.1) is 0 Å². The Morgan fingerprint density at radius 1 is 0.648 bits per heavy atom. The summed E-state index contributed by atoms with van der Waals surface area (Å²) in [6.07, 6.45) is 21.2. The number of ether oxygens (including phenoxy) is 2. The van der Waals surface area contributed by atoms with Crippen molar-refractivity contribution in [3.8, 4) is 11.5 Å². The summed E-state index contributed by atoms with van der Waals surface area (Å²) in [5.41, 5.74) is 7.84. The molecule has 0 radical (unpaired) electrons. The first-order valence-electron chi connectivity index (χ1n) is 18.1. The van der Waals surface area contributed by atoms with Gasteiger partial charge in [0.1, 0.15) is 11.5 Å². The number of allylic oxidation sites excluding steroid dienone is 8. The lowest BCUT2D eigenvalue weighted by molar-refractivity contribution is -0.666. The first-order chi connectivity index (χ1) is 26.7. The van der Waals surface area contributed by atoms with Crippen LogP contribution in [0.1, 0.15) is 16.7 Å². The molecule has 0 atom stereocenters. The molecule has 0 saturated carbocycles. The number of aryl methyl sites for hydroxylation is 1. The van der Waals surface area contributed by atoms with Gasteiger partial charge in [0.25, 0.3) is 0 Å². The average Bonchev–Trinajstić information content (AvgIpc) is 3.23. The summed E-state index contributed by atoms with van der Waals surface area (Å²) < 4.78 is 13.5. The van der Waals surface area contributed by atoms with Gasteiger partial charge in [0.2, 0.25) is 5.52 Å². The van der Waals surface area contributed by atoms with E-state index in [1.54, 1.807) is 14.2 Å². The lowest BCUT2D eigenvalue weighted by atomic mass is 9.97. The monoisotopic (exact) mass is 743 g/mol. The molecule has 0 bridgehead atoms. The van der Waals surface area contributed by atoms with Crippen molar-refractivity contribution in [1.82, 2.24) is 0 Å². The van der Waals surface area contributed by atoms with Crippen LogP contribution in [0.3, 0.4) is 0 Å². The minimum absolute atomic E-state index is 0.743. The maximum atomic E-state index is 5.60. The first-order valence-corrected chi connectivity index (χ1v) is 20.6. The van der Waals surface area contributed by atoms with Crippen molar-refractivity contribution in [2.75, 3.05) is 32.3 Å². The zero-order valence-electron chi connectivity index (χ0n) is 30.7. The predicted molar refractivity (Wildman–Crippen MR) is 236 cm³/mol. The third-order valence-corrected chi connectivity index (χ3v) is 11.9. The van der Waals surface area contributed by atoms with E-state index in [0.29, 0.717) is 0 Å². The number of aliphatic imine (C=N–C) groups is 1. The van der Waals surface area contributed by atoms with Gasteiger partial charge in [0.15, 0.2) is 12.7 Å². The van der Waals surface area contributed by atoms with Crippen LogP contribution in [0.4, 0.5) is 0 Å². The second kappa shape index (κ2) is 18.0. The highest BCUT2D eigenvalue weighted by Crippen LogP contribution is 2.31. The third-order valence-electron chi connectivity index (χ3n) is 9.51. The van der Waals surface area contributed by atoms with Crippen LogP contribution in [0.5, 0.6) is 11.5 Å². The Hall–Kier alpha value is -5.56. The first kappa shape index (κ1) is 36.8. The van der Waals surface area contributed by atoms with Gasteiger partial charge in [0.05, 0.1) is 31.1 Å². The van der Waals surface area contributed by atoms with Gasteiger partial charge in [0, 0.05) is 40.8 Å². The van der Waals surface area contributed by atoms with Crippen molar-refractivity contribution >= 4 is 78.0 Å². The molecule has 1 aliphatic carbocycles. The molecule has 7 rings (SSSR count). The van der Waals surface area contributed by atoms with Crippen LogP contribution < -0.4 is 14.0 Å². The Kier molecular flexibility index (Phi) is 12.2. The molecule has 0 amide bonds. The second-order valence-electron chi connectivity index (χ2n) is 12.7. The highest BCUT2D eigenvalue weighted by molar-refractivity contribution is 8.76. The van der Waals surface area contributed by atoms with Gasteiger partial charge < -0.3 is 9.47 Å². The fraction of sp³-hybridized carbons (Fsp3) is 0.125. The van der Waals surface area contributed by atoms with E-state index in [-0.39, 0.29) is 0 Å². The predicted octanol–water partition coefficient (Wildman–Crippen LogP) is 11.8. The molecule has 1 heterocycles. The van der Waals surface area contributed by atoms with Crippen LogP contribution >= 0.6 is 21.6 Å². The maximum absolute atomic E-state index is 5.60. The lowest BCUT2D eigenvalue weighted by Crippen LogP contribution is -2.35. The fourth-order valence-corrected chi connectivity index (χ4v) is 8.65. The normalized spacial score (nSPS) is 14.6. The SMILES string of the molecule is C=CC(/C=C/c1ccc(OC)c2ccccc12)=C1/C=CC=C/C1=N\CCSSCC[n+]1ccc(/C=C/c2ccc(OC)c3ccccc23)c2ccccc21. The molecule has 0 spiro atoms. The van der Waals surface area contributed by atoms with Crippen LogP contribution in [0.25, 0.3) is 50.7 Å². The molecule has 268 valence electrons. The van der Waals surface area contributed by atoms with Crippen molar-refractivity contribution in [3.05, 3.63) is 180 Å². The Morgan fingerprint density at radius 2 is 1.22 bits per heavy atom. The Bertz CT molecular complexity index is 2510. The molecular formula is C48H43N2O2S2+. The quantitative estimate of drug-likeness (QED) is 0.0632. The van der Waals surface area contributed by atoms with Gasteiger partial charge in [-0.2, -0.15) is 4.57 Å². The van der Waals surface area contributed by atoms with Crippen LogP contribution in [0.2, 0.25) is 0 Å². The van der Waals surface area contributed by atoms with E-state index in [9.17, 15) is 0 Å². The van der Waals surface area contributed by atoms with Crippen molar-refractivity contribution in [3.63, 3.8) is 0 Å². The van der Waals surface area contributed by atoms with Crippen molar-refractivity contribution in [2.24, 2.45) is 4.99 Å². The van der Waals surface area contributed by atoms with Gasteiger partial charge in [-0.1, -0.05) is 150 Å². The zero-order valence-corrected chi connectivity index (χ0v) is 32.3. The molecule has 6 heteroatoms. The Morgan fingerprint density at radius 3 is 1.89 bits per heavy atom. The van der Waals surface area contributed by atoms with Gasteiger partial charge in [-0.15, -0.1) is 0 Å². The summed E-state index contributed by atoms with van der Waals surface area (Å²) in [7, 11) is 7.22. The summed E-state index contributed by atoms with van der Waals surface area (Å²) in [5.74, 6) is 3.71. The summed E-state index contributed by atoms with van der Waals surface area (Å²) in [6.45, 7) is 5.80. The molecule has 6 aromatic rings. The third kappa shape index (κ3) is 8.31. The maximum Gasteiger partial charge on any atom is 0.213 e. The number of fused-ring (bicyclic) bond motifs is 3. The van der Waals surface area contributed by atoms with Crippen molar-refractivity contribution in [1.29, 1.82) is 0 Å². The van der Waals surface area contributed by atoms with Gasteiger partial charge in [-0.25, -0.2) is 0 Å². The van der Waals surface area contributed by atoms with E-state index in [0.717, 1.165) is 74.7 Å². The molecule has 0 unspecified atom stereocenters. The molecule has 1 aromatic heterocycles. The summed E-state index contributed by atoms with van der Waals surface area (Å²) >= 11 is 0. The highest BCUT2D eigenvalue weighted by Gasteiger charge is 2.13. The molecule has 4 nitrogen and oxygen atoms in total. The summed E-state index contributed by atoms with van der Waals surface area (Å²) in [6, 6.07) is 35.9. The van der Waals surface area contributed by atoms with E-state index >= 15 is 0 Å². The number of aromatic nitrogens is 1. The number of para-hydroxylation sites is 1. The zero-order chi connectivity index (χ0) is 37.1. The number of benzene rings is 5. The molecule has 5 aromatic carbocycles. The number of pyridine rings is 1. The number of hydrogen-bond donors (Lipinski definition) is 0. The molecule has 0 N–H and O–H groups in total. The summed E-state index contributed by atoms with van der Waals surface area (Å²) in [4.78, 5) is 5.00.